The number of benzene rings is 1. The molecule has 2 N–H and O–H groups in total. The minimum Gasteiger partial charge on any atom is -0.493 e. The first-order chi connectivity index (χ1) is 12.7. The summed E-state index contributed by atoms with van der Waals surface area (Å²) in [6.07, 6.45) is 2.07. The quantitative estimate of drug-likeness (QED) is 0.441. The summed E-state index contributed by atoms with van der Waals surface area (Å²) in [6.45, 7) is 12.2. The number of guanidine groups is 1. The van der Waals surface area contributed by atoms with Crippen molar-refractivity contribution in [1.29, 1.82) is 0 Å². The van der Waals surface area contributed by atoms with Gasteiger partial charge in [-0.1, -0.05) is 19.9 Å². The Balaban J connectivity index is 2.51. The van der Waals surface area contributed by atoms with E-state index < -0.39 is 0 Å². The van der Waals surface area contributed by atoms with Crippen LogP contribution < -0.4 is 20.1 Å². The summed E-state index contributed by atoms with van der Waals surface area (Å²) in [5.74, 6) is 2.40. The van der Waals surface area contributed by atoms with Crippen LogP contribution in [0.1, 0.15) is 32.8 Å². The van der Waals surface area contributed by atoms with E-state index in [4.69, 9.17) is 9.47 Å². The fraction of sp³-hybridized carbons (Fsp3) is 0.650. The molecule has 1 aromatic carbocycles. The molecule has 0 spiro atoms. The Kier molecular flexibility index (Phi) is 11.3. The predicted molar refractivity (Wildman–Crippen MR) is 110 cm³/mol. The van der Waals surface area contributed by atoms with Gasteiger partial charge >= 0.3 is 0 Å². The van der Waals surface area contributed by atoms with Gasteiger partial charge in [-0.2, -0.15) is 0 Å². The van der Waals surface area contributed by atoms with Gasteiger partial charge < -0.3 is 25.0 Å². The number of methoxy groups -OCH3 is 2. The van der Waals surface area contributed by atoms with Gasteiger partial charge in [0.15, 0.2) is 17.5 Å². The Bertz CT molecular complexity index is 535. The van der Waals surface area contributed by atoms with Crippen molar-refractivity contribution in [2.24, 2.45) is 4.99 Å². The molecule has 0 amide bonds. The average Bonchev–Trinajstić information content (AvgIpc) is 2.67. The molecule has 0 bridgehead atoms. The van der Waals surface area contributed by atoms with Crippen LogP contribution in [-0.4, -0.2) is 64.3 Å². The zero-order valence-corrected chi connectivity index (χ0v) is 17.1. The molecule has 0 saturated heterocycles. The fourth-order valence-electron chi connectivity index (χ4n) is 2.75. The van der Waals surface area contributed by atoms with Crippen LogP contribution in [0.3, 0.4) is 0 Å². The molecule has 0 aromatic heterocycles. The minimum absolute atomic E-state index is 0.756. The van der Waals surface area contributed by atoms with Gasteiger partial charge in [-0.3, -0.25) is 4.99 Å². The highest BCUT2D eigenvalue weighted by Gasteiger charge is 2.05. The van der Waals surface area contributed by atoms with E-state index in [1.165, 1.54) is 12.0 Å². The topological polar surface area (TPSA) is 58.1 Å². The Labute approximate surface area is 159 Å². The molecule has 0 fully saturated rings. The Hall–Kier alpha value is -1.95. The van der Waals surface area contributed by atoms with Gasteiger partial charge in [-0.15, -0.1) is 0 Å². The summed E-state index contributed by atoms with van der Waals surface area (Å²) >= 11 is 0. The third-order valence-corrected chi connectivity index (χ3v) is 4.17. The lowest BCUT2D eigenvalue weighted by molar-refractivity contribution is 0.297. The fourth-order valence-corrected chi connectivity index (χ4v) is 2.75. The van der Waals surface area contributed by atoms with E-state index >= 15 is 0 Å². The third kappa shape index (κ3) is 7.95. The number of aliphatic imine (C=N–C) groups is 1. The zero-order chi connectivity index (χ0) is 19.2. The summed E-state index contributed by atoms with van der Waals surface area (Å²) in [7, 11) is 3.31. The molecule has 0 radical (unpaired) electrons. The molecule has 148 valence electrons. The molecule has 6 nitrogen and oxygen atoms in total. The number of nitrogens with one attached hydrogen (secondary N) is 2. The van der Waals surface area contributed by atoms with E-state index in [2.05, 4.69) is 47.4 Å². The van der Waals surface area contributed by atoms with Crippen LogP contribution in [0.25, 0.3) is 0 Å². The largest absolute Gasteiger partial charge is 0.493 e. The van der Waals surface area contributed by atoms with Crippen LogP contribution in [0, 0.1) is 0 Å². The maximum absolute atomic E-state index is 5.36. The molecule has 0 aliphatic carbocycles. The number of hydrogen-bond donors (Lipinski definition) is 2. The van der Waals surface area contributed by atoms with Gasteiger partial charge in [0.25, 0.3) is 0 Å². The average molecular weight is 365 g/mol. The molecule has 0 aliphatic rings. The van der Waals surface area contributed by atoms with Gasteiger partial charge in [-0.05, 0) is 50.6 Å². The highest BCUT2D eigenvalue weighted by atomic mass is 16.5. The molecule has 26 heavy (non-hydrogen) atoms. The molecule has 0 aliphatic heterocycles. The van der Waals surface area contributed by atoms with Gasteiger partial charge in [0.1, 0.15) is 0 Å². The Morgan fingerprint density at radius 2 is 1.81 bits per heavy atom. The summed E-state index contributed by atoms with van der Waals surface area (Å²) < 4.78 is 10.6. The molecule has 0 atom stereocenters. The molecule has 1 aromatic rings. The number of ether oxygens (including phenoxy) is 2. The van der Waals surface area contributed by atoms with E-state index in [9.17, 15) is 0 Å². The first kappa shape index (κ1) is 22.1. The van der Waals surface area contributed by atoms with Crippen LogP contribution in [0.15, 0.2) is 23.2 Å². The van der Waals surface area contributed by atoms with E-state index in [0.29, 0.717) is 0 Å². The molecule has 6 heteroatoms. The highest BCUT2D eigenvalue weighted by Crippen LogP contribution is 2.27. The summed E-state index contributed by atoms with van der Waals surface area (Å²) in [4.78, 5) is 7.11. The molecular weight excluding hydrogens is 328 g/mol. The van der Waals surface area contributed by atoms with Crippen LogP contribution >= 0.6 is 0 Å². The maximum atomic E-state index is 5.36. The van der Waals surface area contributed by atoms with Crippen LogP contribution in [0.4, 0.5) is 0 Å². The SMILES string of the molecule is CCCN(CC)CCN=C(NCC)NCCc1ccc(OC)c(OC)c1. The van der Waals surface area contributed by atoms with Gasteiger partial charge in [-0.25, -0.2) is 0 Å². The number of nitrogens with zero attached hydrogens (tertiary/aromatic N) is 2. The van der Waals surface area contributed by atoms with E-state index in [0.717, 1.165) is 63.1 Å². The van der Waals surface area contributed by atoms with E-state index in [1.54, 1.807) is 14.2 Å². The monoisotopic (exact) mass is 364 g/mol. The first-order valence-electron chi connectivity index (χ1n) is 9.63. The summed E-state index contributed by atoms with van der Waals surface area (Å²) in [5.41, 5.74) is 1.20. The van der Waals surface area contributed by atoms with Crippen molar-refractivity contribution in [3.63, 3.8) is 0 Å². The van der Waals surface area contributed by atoms with Crippen molar-refractivity contribution >= 4 is 5.96 Å². The second-order valence-electron chi connectivity index (χ2n) is 6.06. The molecule has 0 saturated carbocycles. The second kappa shape index (κ2) is 13.3. The normalized spacial score (nSPS) is 11.5. The van der Waals surface area contributed by atoms with Crippen molar-refractivity contribution in [2.45, 2.75) is 33.6 Å². The smallest absolute Gasteiger partial charge is 0.191 e. The zero-order valence-electron chi connectivity index (χ0n) is 17.1. The van der Waals surface area contributed by atoms with Crippen molar-refractivity contribution in [3.8, 4) is 11.5 Å². The Morgan fingerprint density at radius 1 is 1.04 bits per heavy atom. The number of hydrogen-bond acceptors (Lipinski definition) is 4. The number of rotatable bonds is 12. The number of likely N-dealkylation sites (N-methyl/N-ethyl adjacent to an activating group) is 1. The van der Waals surface area contributed by atoms with Crippen LogP contribution in [0.2, 0.25) is 0 Å². The highest BCUT2D eigenvalue weighted by molar-refractivity contribution is 5.79. The molecule has 1 rings (SSSR count). The summed E-state index contributed by atoms with van der Waals surface area (Å²) in [6, 6.07) is 6.03. The first-order valence-corrected chi connectivity index (χ1v) is 9.63. The van der Waals surface area contributed by atoms with Crippen molar-refractivity contribution < 1.29 is 9.47 Å². The molecular formula is C20H36N4O2. The van der Waals surface area contributed by atoms with Crippen LogP contribution in [-0.2, 0) is 6.42 Å². The van der Waals surface area contributed by atoms with E-state index in [1.807, 2.05) is 12.1 Å². The van der Waals surface area contributed by atoms with Crippen molar-refractivity contribution in [1.82, 2.24) is 15.5 Å². The van der Waals surface area contributed by atoms with Gasteiger partial charge in [0, 0.05) is 19.6 Å². The lowest BCUT2D eigenvalue weighted by Crippen LogP contribution is -2.39. The second-order valence-corrected chi connectivity index (χ2v) is 6.06. The minimum atomic E-state index is 0.756. The van der Waals surface area contributed by atoms with E-state index in [-0.39, 0.29) is 0 Å². The lowest BCUT2D eigenvalue weighted by atomic mass is 10.1. The third-order valence-electron chi connectivity index (χ3n) is 4.17. The standard InChI is InChI=1S/C20H36N4O2/c1-6-14-24(8-3)15-13-23-20(21-7-2)22-12-11-17-9-10-18(25-4)19(16-17)26-5/h9-10,16H,6-8,11-15H2,1-5H3,(H2,21,22,23). The maximum Gasteiger partial charge on any atom is 0.191 e. The molecule has 0 heterocycles. The van der Waals surface area contributed by atoms with Crippen molar-refractivity contribution in [2.75, 3.05) is 53.5 Å². The summed E-state index contributed by atoms with van der Waals surface area (Å²) in [5, 5.41) is 6.72. The molecule has 0 unspecified atom stereocenters. The van der Waals surface area contributed by atoms with Gasteiger partial charge in [0.2, 0.25) is 0 Å². The Morgan fingerprint density at radius 3 is 2.42 bits per heavy atom. The lowest BCUT2D eigenvalue weighted by Gasteiger charge is -2.18. The van der Waals surface area contributed by atoms with Crippen LogP contribution in [0.5, 0.6) is 11.5 Å². The van der Waals surface area contributed by atoms with Gasteiger partial charge in [0.05, 0.1) is 20.8 Å². The van der Waals surface area contributed by atoms with Crippen molar-refractivity contribution in [3.05, 3.63) is 23.8 Å². The predicted octanol–water partition coefficient (Wildman–Crippen LogP) is 2.53.